The lowest BCUT2D eigenvalue weighted by molar-refractivity contribution is -0.146. The van der Waals surface area contributed by atoms with Gasteiger partial charge in [0.1, 0.15) is 6.10 Å². The van der Waals surface area contributed by atoms with Crippen molar-refractivity contribution in [3.63, 3.8) is 0 Å². The molecule has 0 saturated carbocycles. The Labute approximate surface area is 227 Å². The average molecular weight is 533 g/mol. The second kappa shape index (κ2) is 10.8. The molecule has 8 nitrogen and oxygen atoms in total. The summed E-state index contributed by atoms with van der Waals surface area (Å²) in [7, 11) is 4.64. The number of ether oxygens (including phenoxy) is 6. The van der Waals surface area contributed by atoms with Crippen molar-refractivity contribution in [2.45, 2.75) is 26.4 Å². The Balaban J connectivity index is 1.71. The molecule has 0 fully saturated rings. The summed E-state index contributed by atoms with van der Waals surface area (Å²) >= 11 is 0. The van der Waals surface area contributed by atoms with E-state index in [4.69, 9.17) is 28.4 Å². The normalized spacial score (nSPS) is 19.5. The van der Waals surface area contributed by atoms with Crippen molar-refractivity contribution in [3.05, 3.63) is 65.2 Å². The number of esters is 1. The Morgan fingerprint density at radius 3 is 2.41 bits per heavy atom. The first-order valence-electron chi connectivity index (χ1n) is 12.8. The molecule has 0 spiro atoms. The molecular formula is C31H32O8. The van der Waals surface area contributed by atoms with E-state index >= 15 is 0 Å². The summed E-state index contributed by atoms with van der Waals surface area (Å²) in [6.07, 6.45) is 3.04. The number of hydrogen-bond acceptors (Lipinski definition) is 8. The number of phenols is 1. The largest absolute Gasteiger partial charge is 0.504 e. The number of methoxy groups -OCH3 is 3. The minimum absolute atomic E-state index is 0.0298. The van der Waals surface area contributed by atoms with Gasteiger partial charge in [0, 0.05) is 28.7 Å². The third kappa shape index (κ3) is 4.71. The van der Waals surface area contributed by atoms with Gasteiger partial charge in [0.15, 0.2) is 23.0 Å². The molecule has 1 N–H and O–H groups in total. The van der Waals surface area contributed by atoms with Crippen LogP contribution in [0.4, 0.5) is 0 Å². The van der Waals surface area contributed by atoms with Gasteiger partial charge in [-0.1, -0.05) is 44.2 Å². The zero-order valence-electron chi connectivity index (χ0n) is 22.6. The van der Waals surface area contributed by atoms with Crippen LogP contribution in [0.3, 0.4) is 0 Å². The summed E-state index contributed by atoms with van der Waals surface area (Å²) in [6, 6.07) is 13.2. The lowest BCUT2D eigenvalue weighted by atomic mass is 9.76. The van der Waals surface area contributed by atoms with Crippen LogP contribution in [0.15, 0.2) is 48.5 Å². The maximum absolute atomic E-state index is 13.1. The Bertz CT molecular complexity index is 1410. The Hall–Kier alpha value is -4.33. The van der Waals surface area contributed by atoms with E-state index in [9.17, 15) is 9.90 Å². The molecule has 204 valence electrons. The number of fused-ring (bicyclic) bond motifs is 4. The van der Waals surface area contributed by atoms with Crippen LogP contribution in [0.1, 0.15) is 36.6 Å². The Morgan fingerprint density at radius 1 is 0.974 bits per heavy atom. The third-order valence-corrected chi connectivity index (χ3v) is 7.51. The zero-order chi connectivity index (χ0) is 27.7. The van der Waals surface area contributed by atoms with Crippen molar-refractivity contribution in [2.24, 2.45) is 11.8 Å². The van der Waals surface area contributed by atoms with Crippen LogP contribution >= 0.6 is 0 Å². The predicted molar refractivity (Wildman–Crippen MR) is 146 cm³/mol. The minimum Gasteiger partial charge on any atom is -0.504 e. The van der Waals surface area contributed by atoms with Gasteiger partial charge < -0.3 is 33.5 Å². The molecule has 1 aliphatic heterocycles. The highest BCUT2D eigenvalue weighted by molar-refractivity contribution is 5.90. The van der Waals surface area contributed by atoms with E-state index in [0.717, 1.165) is 11.1 Å². The molecule has 2 aliphatic rings. The topological polar surface area (TPSA) is 92.7 Å². The van der Waals surface area contributed by atoms with E-state index < -0.39 is 12.1 Å². The lowest BCUT2D eigenvalue weighted by Crippen LogP contribution is -2.26. The summed E-state index contributed by atoms with van der Waals surface area (Å²) in [6.45, 7) is 4.12. The second-order valence-electron chi connectivity index (χ2n) is 9.74. The SMILES string of the molecule is COc1cc2c(c(OC)c1OC)-c1c(cc3c(c1O)OCO3)[C@@H](OC(=O)/C=C/c1ccccc1)[C@H](C)[C@H](C)C2. The smallest absolute Gasteiger partial charge is 0.331 e. The highest BCUT2D eigenvalue weighted by atomic mass is 16.7. The predicted octanol–water partition coefficient (Wildman–Crippen LogP) is 5.94. The van der Waals surface area contributed by atoms with Gasteiger partial charge in [0.2, 0.25) is 18.3 Å². The van der Waals surface area contributed by atoms with E-state index in [-0.39, 0.29) is 30.1 Å². The third-order valence-electron chi connectivity index (χ3n) is 7.51. The lowest BCUT2D eigenvalue weighted by Gasteiger charge is -2.34. The van der Waals surface area contributed by atoms with Crippen LogP contribution in [0.5, 0.6) is 34.5 Å². The van der Waals surface area contributed by atoms with Gasteiger partial charge in [-0.15, -0.1) is 0 Å². The summed E-state index contributed by atoms with van der Waals surface area (Å²) in [4.78, 5) is 13.1. The van der Waals surface area contributed by atoms with Gasteiger partial charge in [0.25, 0.3) is 0 Å². The van der Waals surface area contributed by atoms with Crippen molar-refractivity contribution in [1.29, 1.82) is 0 Å². The first-order valence-corrected chi connectivity index (χ1v) is 12.8. The number of aromatic hydroxyl groups is 1. The zero-order valence-corrected chi connectivity index (χ0v) is 22.6. The van der Waals surface area contributed by atoms with Crippen LogP contribution in [0.25, 0.3) is 17.2 Å². The van der Waals surface area contributed by atoms with Crippen LogP contribution in [0.2, 0.25) is 0 Å². The Kier molecular flexibility index (Phi) is 7.28. The number of hydrogen-bond donors (Lipinski definition) is 1. The van der Waals surface area contributed by atoms with Crippen molar-refractivity contribution in [1.82, 2.24) is 0 Å². The first-order chi connectivity index (χ1) is 18.9. The Morgan fingerprint density at radius 2 is 1.72 bits per heavy atom. The van der Waals surface area contributed by atoms with Crippen molar-refractivity contribution in [3.8, 4) is 45.6 Å². The average Bonchev–Trinajstić information content (AvgIpc) is 3.43. The molecule has 5 rings (SSSR count). The maximum atomic E-state index is 13.1. The molecule has 3 aromatic rings. The molecule has 0 aromatic heterocycles. The molecule has 0 amide bonds. The first kappa shape index (κ1) is 26.3. The van der Waals surface area contributed by atoms with Crippen LogP contribution in [0, 0.1) is 11.8 Å². The molecule has 0 saturated heterocycles. The van der Waals surface area contributed by atoms with Gasteiger partial charge in [-0.25, -0.2) is 4.79 Å². The summed E-state index contributed by atoms with van der Waals surface area (Å²) in [5.74, 6) is 1.26. The van der Waals surface area contributed by atoms with Gasteiger partial charge >= 0.3 is 5.97 Å². The van der Waals surface area contributed by atoms with E-state index in [1.807, 2.05) is 43.3 Å². The molecule has 8 heteroatoms. The van der Waals surface area contributed by atoms with Gasteiger partial charge in [-0.2, -0.15) is 0 Å². The monoisotopic (exact) mass is 532 g/mol. The van der Waals surface area contributed by atoms with Crippen LogP contribution in [-0.2, 0) is 16.0 Å². The highest BCUT2D eigenvalue weighted by Crippen LogP contribution is 2.58. The molecule has 39 heavy (non-hydrogen) atoms. The van der Waals surface area contributed by atoms with Crippen molar-refractivity contribution in [2.75, 3.05) is 28.1 Å². The number of carbonyl (C=O) groups excluding carboxylic acids is 1. The highest BCUT2D eigenvalue weighted by Gasteiger charge is 2.39. The molecule has 0 unspecified atom stereocenters. The molecular weight excluding hydrogens is 500 g/mol. The summed E-state index contributed by atoms with van der Waals surface area (Å²) < 4.78 is 34.6. The quantitative estimate of drug-likeness (QED) is 0.308. The van der Waals surface area contributed by atoms with Crippen LogP contribution < -0.4 is 23.7 Å². The minimum atomic E-state index is -0.700. The molecule has 3 atom stereocenters. The van der Waals surface area contributed by atoms with E-state index in [1.165, 1.54) is 20.3 Å². The number of benzene rings is 3. The van der Waals surface area contributed by atoms with Gasteiger partial charge in [-0.05, 0) is 41.7 Å². The van der Waals surface area contributed by atoms with E-state index in [1.54, 1.807) is 19.3 Å². The molecule has 0 radical (unpaired) electrons. The standard InChI is InChI=1S/C31H32O8/c1-17-13-20-14-22(34-3)30(35-4)31(36-5)25(20)26-21(15-23-29(27(26)33)38-16-37-23)28(18(17)2)39-24(32)12-11-19-9-7-6-8-10-19/h6-12,14-15,17-18,28,33H,13,16H2,1-5H3/b12-11+/t17-,18-,28+/m1/s1. The summed E-state index contributed by atoms with van der Waals surface area (Å²) in [5.41, 5.74) is 3.43. The van der Waals surface area contributed by atoms with Crippen molar-refractivity contribution < 1.29 is 38.3 Å². The number of carbonyl (C=O) groups is 1. The molecule has 0 bridgehead atoms. The molecule has 1 aliphatic carbocycles. The second-order valence-corrected chi connectivity index (χ2v) is 9.74. The summed E-state index contributed by atoms with van der Waals surface area (Å²) in [5, 5.41) is 11.6. The molecule has 3 aromatic carbocycles. The van der Waals surface area contributed by atoms with E-state index in [2.05, 4.69) is 6.92 Å². The van der Waals surface area contributed by atoms with Crippen molar-refractivity contribution >= 4 is 12.0 Å². The molecule has 1 heterocycles. The van der Waals surface area contributed by atoms with E-state index in [0.29, 0.717) is 46.1 Å². The fraction of sp³-hybridized carbons (Fsp3) is 0.323. The van der Waals surface area contributed by atoms with Crippen LogP contribution in [-0.4, -0.2) is 39.2 Å². The fourth-order valence-electron chi connectivity index (χ4n) is 5.35. The number of rotatable bonds is 6. The fourth-order valence-corrected chi connectivity index (χ4v) is 5.35. The van der Waals surface area contributed by atoms with Gasteiger partial charge in [0.05, 0.1) is 21.3 Å². The van der Waals surface area contributed by atoms with Gasteiger partial charge in [-0.3, -0.25) is 0 Å². The maximum Gasteiger partial charge on any atom is 0.331 e. The number of phenolic OH excluding ortho intramolecular Hbond substituents is 1.